The quantitative estimate of drug-likeness (QED) is 0.607. The highest BCUT2D eigenvalue weighted by molar-refractivity contribution is 7.89. The van der Waals surface area contributed by atoms with E-state index < -0.39 is 10.0 Å². The largest absolute Gasteiger partial charge is 0.317 e. The number of nitrogens with one attached hydrogen (secondary N) is 2. The van der Waals surface area contributed by atoms with Crippen molar-refractivity contribution in [2.75, 3.05) is 25.4 Å². The van der Waals surface area contributed by atoms with Gasteiger partial charge in [-0.15, -0.1) is 0 Å². The molecule has 0 saturated heterocycles. The van der Waals surface area contributed by atoms with E-state index in [2.05, 4.69) is 17.0 Å². The number of hydrogen-bond acceptors (Lipinski definition) is 3. The summed E-state index contributed by atoms with van der Waals surface area (Å²) in [6.45, 7) is 4.55. The predicted molar refractivity (Wildman–Crippen MR) is 80.8 cm³/mol. The molecular formula is C14H30N2O2S. The zero-order chi connectivity index (χ0) is 14.0. The van der Waals surface area contributed by atoms with Crippen LogP contribution in [0.2, 0.25) is 0 Å². The molecule has 0 amide bonds. The summed E-state index contributed by atoms with van der Waals surface area (Å²) >= 11 is 0. The molecule has 1 aliphatic carbocycles. The van der Waals surface area contributed by atoms with Crippen molar-refractivity contribution in [3.63, 3.8) is 0 Å². The molecule has 0 radical (unpaired) electrons. The van der Waals surface area contributed by atoms with Crippen LogP contribution in [-0.2, 0) is 10.0 Å². The lowest BCUT2D eigenvalue weighted by Crippen LogP contribution is -2.29. The van der Waals surface area contributed by atoms with Crippen LogP contribution in [0.1, 0.15) is 58.3 Å². The number of unbranched alkanes of at least 4 members (excludes halogenated alkanes) is 1. The van der Waals surface area contributed by atoms with Gasteiger partial charge in [0.2, 0.25) is 10.0 Å². The number of rotatable bonds is 10. The third-order valence-corrected chi connectivity index (χ3v) is 5.34. The van der Waals surface area contributed by atoms with Crippen molar-refractivity contribution in [3.8, 4) is 0 Å². The molecule has 0 aromatic rings. The fourth-order valence-corrected chi connectivity index (χ4v) is 3.84. The number of hydrogen-bond donors (Lipinski definition) is 2. The lowest BCUT2D eigenvalue weighted by atomic mass is 9.87. The molecule has 1 fully saturated rings. The molecule has 114 valence electrons. The first-order valence-corrected chi connectivity index (χ1v) is 9.47. The lowest BCUT2D eigenvalue weighted by molar-refractivity contribution is 0.339. The summed E-state index contributed by atoms with van der Waals surface area (Å²) in [7, 11) is -3.05. The molecule has 5 heteroatoms. The predicted octanol–water partition coefficient (Wildman–Crippen LogP) is 2.27. The van der Waals surface area contributed by atoms with E-state index in [1.807, 2.05) is 0 Å². The van der Waals surface area contributed by atoms with Crippen molar-refractivity contribution >= 4 is 10.0 Å². The highest BCUT2D eigenvalue weighted by Gasteiger charge is 2.15. The molecule has 0 aliphatic heterocycles. The van der Waals surface area contributed by atoms with Crippen LogP contribution in [0.15, 0.2) is 0 Å². The van der Waals surface area contributed by atoms with Crippen molar-refractivity contribution in [1.29, 1.82) is 0 Å². The van der Waals surface area contributed by atoms with E-state index in [0.717, 1.165) is 38.3 Å². The van der Waals surface area contributed by atoms with E-state index in [1.165, 1.54) is 32.1 Å². The third kappa shape index (κ3) is 8.60. The van der Waals surface area contributed by atoms with Crippen LogP contribution in [0.3, 0.4) is 0 Å². The van der Waals surface area contributed by atoms with Gasteiger partial charge in [0.15, 0.2) is 0 Å². The maximum absolute atomic E-state index is 11.8. The van der Waals surface area contributed by atoms with Gasteiger partial charge in [0.25, 0.3) is 0 Å². The van der Waals surface area contributed by atoms with Crippen molar-refractivity contribution in [1.82, 2.24) is 10.0 Å². The molecule has 4 nitrogen and oxygen atoms in total. The van der Waals surface area contributed by atoms with Crippen molar-refractivity contribution in [2.24, 2.45) is 5.92 Å². The third-order valence-electron chi connectivity index (χ3n) is 3.87. The van der Waals surface area contributed by atoms with Gasteiger partial charge in [0.1, 0.15) is 0 Å². The Balaban J connectivity index is 2.05. The van der Waals surface area contributed by atoms with Gasteiger partial charge in [0, 0.05) is 6.54 Å². The zero-order valence-corrected chi connectivity index (χ0v) is 13.1. The van der Waals surface area contributed by atoms with E-state index in [0.29, 0.717) is 6.54 Å². The summed E-state index contributed by atoms with van der Waals surface area (Å²) in [6.07, 6.45) is 9.24. The van der Waals surface area contributed by atoms with Crippen LogP contribution in [-0.4, -0.2) is 33.8 Å². The summed E-state index contributed by atoms with van der Waals surface area (Å²) in [5, 5.41) is 3.21. The monoisotopic (exact) mass is 290 g/mol. The van der Waals surface area contributed by atoms with Crippen LogP contribution in [0.4, 0.5) is 0 Å². The second-order valence-electron chi connectivity index (χ2n) is 5.57. The van der Waals surface area contributed by atoms with Crippen molar-refractivity contribution < 1.29 is 8.42 Å². The molecule has 0 aromatic heterocycles. The van der Waals surface area contributed by atoms with Gasteiger partial charge in [-0.05, 0) is 38.3 Å². The topological polar surface area (TPSA) is 58.2 Å². The van der Waals surface area contributed by atoms with E-state index in [9.17, 15) is 8.42 Å². The Morgan fingerprint density at radius 2 is 1.79 bits per heavy atom. The smallest absolute Gasteiger partial charge is 0.211 e. The first-order chi connectivity index (χ1) is 9.14. The highest BCUT2D eigenvalue weighted by atomic mass is 32.2. The minimum Gasteiger partial charge on any atom is -0.317 e. The Kier molecular flexibility index (Phi) is 8.66. The van der Waals surface area contributed by atoms with E-state index in [1.54, 1.807) is 0 Å². The summed E-state index contributed by atoms with van der Waals surface area (Å²) in [5.41, 5.74) is 0. The second kappa shape index (κ2) is 9.72. The molecule has 1 aliphatic rings. The molecule has 2 N–H and O–H groups in total. The van der Waals surface area contributed by atoms with E-state index >= 15 is 0 Å². The van der Waals surface area contributed by atoms with E-state index in [4.69, 9.17) is 0 Å². The first kappa shape index (κ1) is 16.9. The summed E-state index contributed by atoms with van der Waals surface area (Å²) in [5.74, 6) is 1.01. The normalized spacial score (nSPS) is 17.7. The Bertz CT molecular complexity index is 311. The molecule has 0 atom stereocenters. The van der Waals surface area contributed by atoms with Crippen LogP contribution in [0.5, 0.6) is 0 Å². The van der Waals surface area contributed by atoms with Gasteiger partial charge in [0.05, 0.1) is 5.75 Å². The van der Waals surface area contributed by atoms with Gasteiger partial charge < -0.3 is 5.32 Å². The average molecular weight is 290 g/mol. The minimum atomic E-state index is -3.05. The fourth-order valence-electron chi connectivity index (χ4n) is 2.69. The van der Waals surface area contributed by atoms with Gasteiger partial charge >= 0.3 is 0 Å². The highest BCUT2D eigenvalue weighted by Crippen LogP contribution is 2.25. The molecule has 0 heterocycles. The molecule has 1 rings (SSSR count). The van der Waals surface area contributed by atoms with E-state index in [-0.39, 0.29) is 5.75 Å². The first-order valence-electron chi connectivity index (χ1n) is 7.82. The van der Waals surface area contributed by atoms with Crippen LogP contribution in [0.25, 0.3) is 0 Å². The van der Waals surface area contributed by atoms with Crippen LogP contribution in [0, 0.1) is 5.92 Å². The van der Waals surface area contributed by atoms with Gasteiger partial charge in [-0.3, -0.25) is 0 Å². The molecule has 0 unspecified atom stereocenters. The zero-order valence-electron chi connectivity index (χ0n) is 12.3. The fraction of sp³-hybridized carbons (Fsp3) is 1.00. The summed E-state index contributed by atoms with van der Waals surface area (Å²) in [4.78, 5) is 0. The Hall–Kier alpha value is -0.130. The molecule has 1 saturated carbocycles. The van der Waals surface area contributed by atoms with Crippen molar-refractivity contribution in [3.05, 3.63) is 0 Å². The van der Waals surface area contributed by atoms with Crippen LogP contribution >= 0.6 is 0 Å². The molecule has 0 aromatic carbocycles. The van der Waals surface area contributed by atoms with Gasteiger partial charge in [-0.25, -0.2) is 13.1 Å². The molecular weight excluding hydrogens is 260 g/mol. The Morgan fingerprint density at radius 3 is 2.47 bits per heavy atom. The lowest BCUT2D eigenvalue weighted by Gasteiger charge is -2.21. The summed E-state index contributed by atoms with van der Waals surface area (Å²) in [6, 6.07) is 0. The molecule has 0 bridgehead atoms. The van der Waals surface area contributed by atoms with Gasteiger partial charge in [-0.1, -0.05) is 39.0 Å². The van der Waals surface area contributed by atoms with Crippen molar-refractivity contribution in [2.45, 2.75) is 58.3 Å². The second-order valence-corrected chi connectivity index (χ2v) is 7.49. The Labute approximate surface area is 118 Å². The average Bonchev–Trinajstić information content (AvgIpc) is 2.39. The van der Waals surface area contributed by atoms with Gasteiger partial charge in [-0.2, -0.15) is 0 Å². The minimum absolute atomic E-state index is 0.267. The number of sulfonamides is 1. The SMILES string of the molecule is CCNCCCCS(=O)(=O)NCCC1CCCCC1. The maximum Gasteiger partial charge on any atom is 0.211 e. The van der Waals surface area contributed by atoms with Crippen LogP contribution < -0.4 is 10.0 Å². The maximum atomic E-state index is 11.8. The molecule has 19 heavy (non-hydrogen) atoms. The standard InChI is InChI=1S/C14H30N2O2S/c1-2-15-11-6-7-13-19(17,18)16-12-10-14-8-4-3-5-9-14/h14-16H,2-13H2,1H3. The summed E-state index contributed by atoms with van der Waals surface area (Å²) < 4.78 is 26.3. The Morgan fingerprint density at radius 1 is 1.05 bits per heavy atom. The molecule has 0 spiro atoms.